The zero-order valence-corrected chi connectivity index (χ0v) is 10.2. The molecule has 1 N–H and O–H groups in total. The summed E-state index contributed by atoms with van der Waals surface area (Å²) in [7, 11) is 3.04. The number of amides is 2. The molecular weight excluding hydrogens is 208 g/mol. The summed E-state index contributed by atoms with van der Waals surface area (Å²) in [5.41, 5.74) is 0. The second-order valence-electron chi connectivity index (χ2n) is 4.38. The van der Waals surface area contributed by atoms with Gasteiger partial charge in [-0.1, -0.05) is 6.92 Å². The number of carbonyl (C=O) groups excluding carboxylic acids is 2. The maximum Gasteiger partial charge on any atom is 0.317 e. The summed E-state index contributed by atoms with van der Waals surface area (Å²) in [5.74, 6) is -0.578. The van der Waals surface area contributed by atoms with Gasteiger partial charge in [-0.05, 0) is 19.3 Å². The first-order valence-corrected chi connectivity index (χ1v) is 5.64. The minimum atomic E-state index is -0.290. The van der Waals surface area contributed by atoms with E-state index < -0.39 is 0 Å². The van der Waals surface area contributed by atoms with Gasteiger partial charge in [-0.15, -0.1) is 0 Å². The van der Waals surface area contributed by atoms with Crippen molar-refractivity contribution >= 4 is 12.0 Å². The largest absolute Gasteiger partial charge is 0.469 e. The van der Waals surface area contributed by atoms with E-state index in [1.165, 1.54) is 18.4 Å². The Morgan fingerprint density at radius 2 is 2.12 bits per heavy atom. The van der Waals surface area contributed by atoms with E-state index in [1.54, 1.807) is 14.0 Å². The van der Waals surface area contributed by atoms with Crippen molar-refractivity contribution in [2.24, 2.45) is 5.92 Å². The molecule has 1 rings (SSSR count). The lowest BCUT2D eigenvalue weighted by Crippen LogP contribution is -2.47. The summed E-state index contributed by atoms with van der Waals surface area (Å²) in [5, 5.41) is 2.91. The van der Waals surface area contributed by atoms with E-state index >= 15 is 0 Å². The van der Waals surface area contributed by atoms with Gasteiger partial charge in [0.25, 0.3) is 0 Å². The summed E-state index contributed by atoms with van der Waals surface area (Å²) in [6.45, 7) is 2.13. The molecule has 1 aliphatic carbocycles. The van der Waals surface area contributed by atoms with Crippen molar-refractivity contribution in [2.75, 3.05) is 20.7 Å². The zero-order valence-electron chi connectivity index (χ0n) is 10.2. The molecule has 0 aromatic heterocycles. The van der Waals surface area contributed by atoms with Crippen molar-refractivity contribution in [3.8, 4) is 0 Å². The standard InChI is InChI=1S/C11H20N2O3/c1-8(10(14)16-3)7-13(2)11(15)12-9-5-4-6-9/h8-9H,4-7H2,1-3H3,(H,12,15). The molecule has 1 fully saturated rings. The van der Waals surface area contributed by atoms with Crippen LogP contribution in [0.5, 0.6) is 0 Å². The van der Waals surface area contributed by atoms with Crippen LogP contribution < -0.4 is 5.32 Å². The molecule has 1 unspecified atom stereocenters. The molecule has 5 nitrogen and oxygen atoms in total. The number of ether oxygens (including phenoxy) is 1. The number of nitrogens with zero attached hydrogens (tertiary/aromatic N) is 1. The fourth-order valence-corrected chi connectivity index (χ4v) is 1.61. The predicted octanol–water partition coefficient (Wildman–Crippen LogP) is 0.989. The highest BCUT2D eigenvalue weighted by Gasteiger charge is 2.23. The first-order valence-electron chi connectivity index (χ1n) is 5.64. The second kappa shape index (κ2) is 5.72. The van der Waals surface area contributed by atoms with Gasteiger partial charge >= 0.3 is 12.0 Å². The maximum absolute atomic E-state index is 11.7. The SMILES string of the molecule is COC(=O)C(C)CN(C)C(=O)NC1CCC1. The zero-order chi connectivity index (χ0) is 12.1. The summed E-state index contributed by atoms with van der Waals surface area (Å²) >= 11 is 0. The Balaban J connectivity index is 2.29. The predicted molar refractivity (Wildman–Crippen MR) is 60.0 cm³/mol. The quantitative estimate of drug-likeness (QED) is 0.730. The van der Waals surface area contributed by atoms with Gasteiger partial charge in [-0.2, -0.15) is 0 Å². The number of hydrogen-bond donors (Lipinski definition) is 1. The van der Waals surface area contributed by atoms with Crippen LogP contribution in [0.2, 0.25) is 0 Å². The van der Waals surface area contributed by atoms with Gasteiger partial charge < -0.3 is 15.0 Å². The van der Waals surface area contributed by atoms with Gasteiger partial charge in [-0.3, -0.25) is 4.79 Å². The van der Waals surface area contributed by atoms with Gasteiger partial charge in [0, 0.05) is 19.6 Å². The van der Waals surface area contributed by atoms with Crippen molar-refractivity contribution in [3.63, 3.8) is 0 Å². The molecule has 0 radical (unpaired) electrons. The molecule has 0 heterocycles. The molecule has 92 valence electrons. The third-order valence-electron chi connectivity index (χ3n) is 2.93. The first kappa shape index (κ1) is 12.8. The monoisotopic (exact) mass is 228 g/mol. The molecule has 5 heteroatoms. The number of rotatable bonds is 4. The fraction of sp³-hybridized carbons (Fsp3) is 0.818. The van der Waals surface area contributed by atoms with Crippen molar-refractivity contribution < 1.29 is 14.3 Å². The topological polar surface area (TPSA) is 58.6 Å². The average Bonchev–Trinajstić information content (AvgIpc) is 2.21. The summed E-state index contributed by atoms with van der Waals surface area (Å²) in [6.07, 6.45) is 3.31. The molecule has 2 amide bonds. The Labute approximate surface area is 96.1 Å². The number of nitrogens with one attached hydrogen (secondary N) is 1. The first-order chi connectivity index (χ1) is 7.54. The Morgan fingerprint density at radius 3 is 2.56 bits per heavy atom. The van der Waals surface area contributed by atoms with Gasteiger partial charge in [0.05, 0.1) is 13.0 Å². The fourth-order valence-electron chi connectivity index (χ4n) is 1.61. The Bertz CT molecular complexity index is 264. The average molecular weight is 228 g/mol. The van der Waals surface area contributed by atoms with Crippen molar-refractivity contribution in [1.29, 1.82) is 0 Å². The third kappa shape index (κ3) is 3.40. The van der Waals surface area contributed by atoms with Crippen LogP contribution >= 0.6 is 0 Å². The number of carbonyl (C=O) groups is 2. The maximum atomic E-state index is 11.7. The Morgan fingerprint density at radius 1 is 1.50 bits per heavy atom. The molecule has 0 aromatic carbocycles. The third-order valence-corrected chi connectivity index (χ3v) is 2.93. The van der Waals surface area contributed by atoms with Crippen molar-refractivity contribution in [3.05, 3.63) is 0 Å². The molecule has 1 aliphatic rings. The second-order valence-corrected chi connectivity index (χ2v) is 4.38. The molecule has 0 aliphatic heterocycles. The van der Waals surface area contributed by atoms with Gasteiger partial charge in [0.1, 0.15) is 0 Å². The number of urea groups is 1. The van der Waals surface area contributed by atoms with Crippen molar-refractivity contribution in [1.82, 2.24) is 10.2 Å². The van der Waals surface area contributed by atoms with Gasteiger partial charge in [0.2, 0.25) is 0 Å². The van der Waals surface area contributed by atoms with Crippen molar-refractivity contribution in [2.45, 2.75) is 32.2 Å². The summed E-state index contributed by atoms with van der Waals surface area (Å²) in [4.78, 5) is 24.4. The summed E-state index contributed by atoms with van der Waals surface area (Å²) < 4.78 is 4.61. The van der Waals surface area contributed by atoms with Crippen LogP contribution in [0.3, 0.4) is 0 Å². The van der Waals surface area contributed by atoms with Gasteiger partial charge in [0.15, 0.2) is 0 Å². The normalized spacial score (nSPS) is 17.2. The van der Waals surface area contributed by atoms with Crippen LogP contribution in [-0.2, 0) is 9.53 Å². The van der Waals surface area contributed by atoms with E-state index in [-0.39, 0.29) is 17.9 Å². The Kier molecular flexibility index (Phi) is 4.58. The number of methoxy groups -OCH3 is 1. The Hall–Kier alpha value is -1.26. The summed E-state index contributed by atoms with van der Waals surface area (Å²) in [6, 6.07) is 0.212. The molecule has 0 aromatic rings. The van der Waals surface area contributed by atoms with Crippen LogP contribution in [0.4, 0.5) is 4.79 Å². The van der Waals surface area contributed by atoms with Crippen LogP contribution in [0.15, 0.2) is 0 Å². The van der Waals surface area contributed by atoms with Crippen LogP contribution in [0.25, 0.3) is 0 Å². The van der Waals surface area contributed by atoms with E-state index in [9.17, 15) is 9.59 Å². The molecule has 0 spiro atoms. The highest BCUT2D eigenvalue weighted by atomic mass is 16.5. The molecule has 1 saturated carbocycles. The molecule has 0 saturated heterocycles. The van der Waals surface area contributed by atoms with E-state index in [4.69, 9.17) is 0 Å². The highest BCUT2D eigenvalue weighted by molar-refractivity contribution is 5.76. The lowest BCUT2D eigenvalue weighted by molar-refractivity contribution is -0.145. The number of hydrogen-bond acceptors (Lipinski definition) is 3. The van der Waals surface area contributed by atoms with E-state index in [0.29, 0.717) is 12.6 Å². The smallest absolute Gasteiger partial charge is 0.317 e. The lowest BCUT2D eigenvalue weighted by Gasteiger charge is -2.29. The molecular formula is C11H20N2O3. The van der Waals surface area contributed by atoms with Crippen LogP contribution in [-0.4, -0.2) is 43.6 Å². The van der Waals surface area contributed by atoms with Gasteiger partial charge in [-0.25, -0.2) is 4.79 Å². The van der Waals surface area contributed by atoms with E-state index in [0.717, 1.165) is 12.8 Å². The molecule has 1 atom stereocenters. The van der Waals surface area contributed by atoms with E-state index in [1.807, 2.05) is 0 Å². The minimum absolute atomic E-state index is 0.111. The number of esters is 1. The van der Waals surface area contributed by atoms with Crippen LogP contribution in [0, 0.1) is 5.92 Å². The molecule has 16 heavy (non-hydrogen) atoms. The van der Waals surface area contributed by atoms with E-state index in [2.05, 4.69) is 10.1 Å². The highest BCUT2D eigenvalue weighted by Crippen LogP contribution is 2.18. The molecule has 0 bridgehead atoms. The minimum Gasteiger partial charge on any atom is -0.469 e. The lowest BCUT2D eigenvalue weighted by atomic mass is 9.93. The van der Waals surface area contributed by atoms with Crippen LogP contribution in [0.1, 0.15) is 26.2 Å².